The summed E-state index contributed by atoms with van der Waals surface area (Å²) in [5.41, 5.74) is 6.74. The zero-order chi connectivity index (χ0) is 23.4. The average molecular weight is 492 g/mol. The van der Waals surface area contributed by atoms with Crippen molar-refractivity contribution in [2.24, 2.45) is 5.73 Å². The van der Waals surface area contributed by atoms with Crippen LogP contribution in [0.15, 0.2) is 53.6 Å². The Labute approximate surface area is 199 Å². The van der Waals surface area contributed by atoms with Gasteiger partial charge in [0.1, 0.15) is 11.6 Å². The Hall–Kier alpha value is -2.61. The van der Waals surface area contributed by atoms with Gasteiger partial charge in [-0.3, -0.25) is 14.5 Å². The van der Waals surface area contributed by atoms with Crippen LogP contribution in [0.4, 0.5) is 10.2 Å². The fraction of sp³-hybridized carbons (Fsp3) is 0.174. The number of pyridine rings is 1. The van der Waals surface area contributed by atoms with Gasteiger partial charge in [0.15, 0.2) is 0 Å². The van der Waals surface area contributed by atoms with E-state index < -0.39 is 17.6 Å². The minimum absolute atomic E-state index is 0.0243. The molecule has 0 aliphatic rings. The minimum Gasteiger partial charge on any atom is -0.366 e. The average Bonchev–Trinajstić information content (AvgIpc) is 2.77. The van der Waals surface area contributed by atoms with E-state index in [0.717, 1.165) is 12.2 Å². The topological polar surface area (TPSA) is 76.3 Å². The van der Waals surface area contributed by atoms with E-state index in [2.05, 4.69) is 4.98 Å². The standard InChI is InChI=1S/C23H20Cl2FN3O2S/c1-3-9-32-19-11-14(15-10-13(21(27)30)7-8-16(15)24)12-28-22(19)29(2)23(31)20-17(25)5-4-6-18(20)26/h4-8,10-12H,3,9H2,1-2H3,(H2,27,30). The summed E-state index contributed by atoms with van der Waals surface area (Å²) < 4.78 is 14.3. The third-order valence-corrected chi connectivity index (χ3v) is 6.52. The molecule has 0 fully saturated rings. The van der Waals surface area contributed by atoms with Crippen molar-refractivity contribution in [2.75, 3.05) is 17.7 Å². The van der Waals surface area contributed by atoms with Crippen molar-refractivity contribution in [3.8, 4) is 11.1 Å². The second-order valence-electron chi connectivity index (χ2n) is 6.91. The van der Waals surface area contributed by atoms with E-state index in [1.54, 1.807) is 24.4 Å². The largest absolute Gasteiger partial charge is 0.366 e. The first-order chi connectivity index (χ1) is 15.2. The van der Waals surface area contributed by atoms with Crippen molar-refractivity contribution in [2.45, 2.75) is 18.2 Å². The summed E-state index contributed by atoms with van der Waals surface area (Å²) in [6.45, 7) is 2.03. The fourth-order valence-corrected chi connectivity index (χ4v) is 4.44. The van der Waals surface area contributed by atoms with Crippen LogP contribution in [0.1, 0.15) is 34.1 Å². The van der Waals surface area contributed by atoms with E-state index in [1.165, 1.54) is 41.9 Å². The van der Waals surface area contributed by atoms with E-state index in [1.807, 2.05) is 13.0 Å². The number of benzene rings is 2. The zero-order valence-corrected chi connectivity index (χ0v) is 19.7. The van der Waals surface area contributed by atoms with Crippen LogP contribution in [0, 0.1) is 5.82 Å². The van der Waals surface area contributed by atoms with Crippen LogP contribution in [-0.4, -0.2) is 29.6 Å². The Morgan fingerprint density at radius 2 is 1.91 bits per heavy atom. The van der Waals surface area contributed by atoms with Gasteiger partial charge in [0.2, 0.25) is 5.91 Å². The van der Waals surface area contributed by atoms with Gasteiger partial charge in [-0.05, 0) is 48.6 Å². The molecule has 32 heavy (non-hydrogen) atoms. The van der Waals surface area contributed by atoms with Crippen molar-refractivity contribution in [3.05, 3.63) is 75.7 Å². The molecule has 0 unspecified atom stereocenters. The number of aromatic nitrogens is 1. The number of nitrogens with zero attached hydrogens (tertiary/aromatic N) is 2. The van der Waals surface area contributed by atoms with Gasteiger partial charge in [0.25, 0.3) is 5.91 Å². The number of nitrogens with two attached hydrogens (primary N) is 1. The number of hydrogen-bond donors (Lipinski definition) is 1. The van der Waals surface area contributed by atoms with E-state index >= 15 is 0 Å². The van der Waals surface area contributed by atoms with Crippen LogP contribution >= 0.6 is 35.0 Å². The second-order valence-corrected chi connectivity index (χ2v) is 8.87. The van der Waals surface area contributed by atoms with Gasteiger partial charge in [0.05, 0.1) is 15.5 Å². The molecule has 0 atom stereocenters. The van der Waals surface area contributed by atoms with E-state index in [9.17, 15) is 14.0 Å². The Bertz CT molecular complexity index is 1170. The van der Waals surface area contributed by atoms with E-state index in [-0.39, 0.29) is 10.6 Å². The first-order valence-electron chi connectivity index (χ1n) is 9.69. The summed E-state index contributed by atoms with van der Waals surface area (Å²) in [7, 11) is 1.52. The van der Waals surface area contributed by atoms with Gasteiger partial charge in [-0.15, -0.1) is 11.8 Å². The van der Waals surface area contributed by atoms with Gasteiger partial charge < -0.3 is 5.73 Å². The predicted molar refractivity (Wildman–Crippen MR) is 128 cm³/mol. The van der Waals surface area contributed by atoms with Crippen molar-refractivity contribution in [1.29, 1.82) is 0 Å². The van der Waals surface area contributed by atoms with Crippen molar-refractivity contribution in [3.63, 3.8) is 0 Å². The molecule has 2 N–H and O–H groups in total. The molecule has 0 saturated heterocycles. The molecule has 0 aliphatic heterocycles. The van der Waals surface area contributed by atoms with Gasteiger partial charge in [-0.2, -0.15) is 0 Å². The lowest BCUT2D eigenvalue weighted by Gasteiger charge is -2.21. The first-order valence-corrected chi connectivity index (χ1v) is 11.4. The molecule has 0 spiro atoms. The number of thioether (sulfide) groups is 1. The molecule has 0 aliphatic carbocycles. The lowest BCUT2D eigenvalue weighted by molar-refractivity contribution is 0.0984. The molecule has 0 radical (unpaired) electrons. The van der Waals surface area contributed by atoms with Crippen molar-refractivity contribution >= 4 is 52.6 Å². The number of rotatable bonds is 7. The molecule has 166 valence electrons. The van der Waals surface area contributed by atoms with Gasteiger partial charge in [-0.25, -0.2) is 9.37 Å². The molecule has 0 saturated carbocycles. The number of amides is 2. The van der Waals surface area contributed by atoms with Crippen molar-refractivity contribution in [1.82, 2.24) is 4.98 Å². The highest BCUT2D eigenvalue weighted by molar-refractivity contribution is 7.99. The summed E-state index contributed by atoms with van der Waals surface area (Å²) in [6.07, 6.45) is 2.44. The molecular formula is C23H20Cl2FN3O2S. The highest BCUT2D eigenvalue weighted by Crippen LogP contribution is 2.36. The van der Waals surface area contributed by atoms with Gasteiger partial charge in [-0.1, -0.05) is 36.2 Å². The molecule has 3 rings (SSSR count). The molecule has 2 amide bonds. The Morgan fingerprint density at radius 1 is 1.16 bits per heavy atom. The van der Waals surface area contributed by atoms with Crippen LogP contribution < -0.4 is 10.6 Å². The highest BCUT2D eigenvalue weighted by Gasteiger charge is 2.24. The zero-order valence-electron chi connectivity index (χ0n) is 17.4. The Morgan fingerprint density at radius 3 is 2.56 bits per heavy atom. The Kier molecular flexibility index (Phi) is 7.77. The van der Waals surface area contributed by atoms with E-state index in [0.29, 0.717) is 32.4 Å². The normalized spacial score (nSPS) is 10.8. The van der Waals surface area contributed by atoms with Crippen LogP contribution in [0.25, 0.3) is 11.1 Å². The summed E-state index contributed by atoms with van der Waals surface area (Å²) in [5, 5.41) is 0.454. The van der Waals surface area contributed by atoms with Gasteiger partial charge >= 0.3 is 0 Å². The maximum absolute atomic E-state index is 14.3. The lowest BCUT2D eigenvalue weighted by atomic mass is 10.0. The number of primary amides is 1. The Balaban J connectivity index is 2.07. The summed E-state index contributed by atoms with van der Waals surface area (Å²) in [4.78, 5) is 31.1. The molecular weight excluding hydrogens is 472 g/mol. The number of carbonyl (C=O) groups excluding carboxylic acids is 2. The molecule has 2 aromatic carbocycles. The molecule has 3 aromatic rings. The molecule has 9 heteroatoms. The van der Waals surface area contributed by atoms with Crippen LogP contribution in [-0.2, 0) is 0 Å². The third-order valence-electron chi connectivity index (χ3n) is 4.66. The molecule has 5 nitrogen and oxygen atoms in total. The summed E-state index contributed by atoms with van der Waals surface area (Å²) in [6, 6.07) is 10.7. The number of hydrogen-bond acceptors (Lipinski definition) is 4. The number of carbonyl (C=O) groups is 2. The maximum atomic E-state index is 14.3. The second kappa shape index (κ2) is 10.3. The summed E-state index contributed by atoms with van der Waals surface area (Å²) >= 11 is 13.9. The van der Waals surface area contributed by atoms with Crippen molar-refractivity contribution < 1.29 is 14.0 Å². The highest BCUT2D eigenvalue weighted by atomic mass is 35.5. The minimum atomic E-state index is -0.705. The summed E-state index contributed by atoms with van der Waals surface area (Å²) in [5.74, 6) is -0.751. The van der Waals surface area contributed by atoms with Crippen LogP contribution in [0.5, 0.6) is 0 Å². The third kappa shape index (κ3) is 5.06. The number of halogens is 3. The van der Waals surface area contributed by atoms with Crippen LogP contribution in [0.3, 0.4) is 0 Å². The van der Waals surface area contributed by atoms with Crippen LogP contribution in [0.2, 0.25) is 10.0 Å². The monoisotopic (exact) mass is 491 g/mol. The quantitative estimate of drug-likeness (QED) is 0.406. The smallest absolute Gasteiger partial charge is 0.263 e. The number of anilines is 1. The first kappa shape index (κ1) is 24.0. The lowest BCUT2D eigenvalue weighted by Crippen LogP contribution is -2.29. The molecule has 1 heterocycles. The fourth-order valence-electron chi connectivity index (χ4n) is 3.02. The molecule has 1 aromatic heterocycles. The predicted octanol–water partition coefficient (Wildman–Crippen LogP) is 6.07. The maximum Gasteiger partial charge on any atom is 0.263 e. The van der Waals surface area contributed by atoms with E-state index in [4.69, 9.17) is 28.9 Å². The molecule has 0 bridgehead atoms. The SMILES string of the molecule is CCCSc1cc(-c2cc(C(N)=O)ccc2Cl)cnc1N(C)C(=O)c1c(F)cccc1Cl. The van der Waals surface area contributed by atoms with Gasteiger partial charge in [0, 0.05) is 35.0 Å².